The van der Waals surface area contributed by atoms with Crippen LogP contribution in [0, 0.1) is 0 Å². The minimum atomic E-state index is -0.736. The van der Waals surface area contributed by atoms with Crippen LogP contribution in [-0.4, -0.2) is 85.6 Å². The third-order valence-electron chi connectivity index (χ3n) is 8.99. The first-order valence-electron chi connectivity index (χ1n) is 15.3. The summed E-state index contributed by atoms with van der Waals surface area (Å²) >= 11 is 0. The van der Waals surface area contributed by atoms with Crippen LogP contribution >= 0.6 is 0 Å². The van der Waals surface area contributed by atoms with Gasteiger partial charge in [0.15, 0.2) is 11.5 Å². The molecular weight excluding hydrogens is 530 g/mol. The van der Waals surface area contributed by atoms with Crippen molar-refractivity contribution in [3.63, 3.8) is 0 Å². The van der Waals surface area contributed by atoms with Gasteiger partial charge in [-0.1, -0.05) is 50.5 Å². The van der Waals surface area contributed by atoms with Crippen molar-refractivity contribution in [1.29, 1.82) is 0 Å². The molecule has 1 aliphatic heterocycles. The number of aromatic nitrogens is 1. The largest absolute Gasteiger partial charge is 0.493 e. The third kappa shape index (κ3) is 7.07. The Kier molecular flexibility index (Phi) is 10.0. The molecule has 2 amide bonds. The Hall–Kier alpha value is -3.56. The highest BCUT2D eigenvalue weighted by molar-refractivity contribution is 5.91. The number of hydrogen-bond donors (Lipinski definition) is 3. The maximum atomic E-state index is 13.7. The van der Waals surface area contributed by atoms with E-state index in [0.717, 1.165) is 48.2 Å². The van der Waals surface area contributed by atoms with E-state index in [2.05, 4.69) is 25.4 Å². The molecule has 2 aromatic carbocycles. The minimum Gasteiger partial charge on any atom is -0.493 e. The molecule has 2 atom stereocenters. The Morgan fingerprint density at radius 3 is 2.45 bits per heavy atom. The molecule has 3 N–H and O–H groups in total. The summed E-state index contributed by atoms with van der Waals surface area (Å²) in [7, 11) is 3.18. The normalized spacial score (nSPS) is 18.4. The predicted octanol–water partition coefficient (Wildman–Crippen LogP) is 4.04. The van der Waals surface area contributed by atoms with Crippen LogP contribution in [0.2, 0.25) is 0 Å². The van der Waals surface area contributed by atoms with Gasteiger partial charge in [0.05, 0.1) is 20.8 Å². The van der Waals surface area contributed by atoms with E-state index in [1.165, 1.54) is 32.1 Å². The number of nitrogens with one attached hydrogen (secondary N) is 3. The zero-order chi connectivity index (χ0) is 29.5. The van der Waals surface area contributed by atoms with E-state index < -0.39 is 6.04 Å². The van der Waals surface area contributed by atoms with Gasteiger partial charge in [-0.2, -0.15) is 0 Å². The molecule has 1 aromatic heterocycles. The molecule has 1 saturated carbocycles. The topological polar surface area (TPSA) is 98.9 Å². The summed E-state index contributed by atoms with van der Waals surface area (Å²) in [6, 6.07) is 13.6. The number of hydrogen-bond acceptors (Lipinski definition) is 6. The monoisotopic (exact) mass is 575 g/mol. The fourth-order valence-corrected chi connectivity index (χ4v) is 6.51. The van der Waals surface area contributed by atoms with Gasteiger partial charge in [0.1, 0.15) is 6.04 Å². The van der Waals surface area contributed by atoms with Gasteiger partial charge in [-0.15, -0.1) is 0 Å². The Labute approximate surface area is 248 Å². The van der Waals surface area contributed by atoms with Gasteiger partial charge in [-0.05, 0) is 42.2 Å². The van der Waals surface area contributed by atoms with Crippen LogP contribution in [0.5, 0.6) is 11.5 Å². The van der Waals surface area contributed by atoms with Gasteiger partial charge in [0, 0.05) is 61.8 Å². The van der Waals surface area contributed by atoms with Crippen molar-refractivity contribution in [2.75, 3.05) is 46.9 Å². The molecule has 2 aliphatic rings. The smallest absolute Gasteiger partial charge is 0.243 e. The number of carbonyl (C=O) groups is 2. The van der Waals surface area contributed by atoms with Crippen molar-refractivity contribution in [1.82, 2.24) is 25.4 Å². The molecule has 0 spiro atoms. The standard InChI is InChI=1S/C33H45N5O4/c1-23(27-21-34-28-12-8-7-11-26(27)28)32(33(40)35-20-24-13-14-29(41-2)30(19-24)42-3)36-31(39)22-37-15-17-38(18-16-37)25-9-5-4-6-10-25/h7-8,11-14,19,21,23,25,32,34H,4-6,9-10,15-18,20,22H2,1-3H3,(H,35,40)(H,36,39). The fourth-order valence-electron chi connectivity index (χ4n) is 6.51. The van der Waals surface area contributed by atoms with E-state index >= 15 is 0 Å². The van der Waals surface area contributed by atoms with Crippen LogP contribution in [0.3, 0.4) is 0 Å². The molecular formula is C33H45N5O4. The summed E-state index contributed by atoms with van der Waals surface area (Å²) in [4.78, 5) is 35.2. The molecule has 0 bridgehead atoms. The van der Waals surface area contributed by atoms with E-state index in [1.54, 1.807) is 14.2 Å². The number of rotatable bonds is 11. The Morgan fingerprint density at radius 1 is 0.976 bits per heavy atom. The molecule has 1 aliphatic carbocycles. The summed E-state index contributed by atoms with van der Waals surface area (Å²) in [6.45, 7) is 6.33. The van der Waals surface area contributed by atoms with Gasteiger partial charge in [0.25, 0.3) is 0 Å². The summed E-state index contributed by atoms with van der Waals surface area (Å²) in [5.41, 5.74) is 2.88. The zero-order valence-corrected chi connectivity index (χ0v) is 25.2. The van der Waals surface area contributed by atoms with Crippen LogP contribution in [0.15, 0.2) is 48.7 Å². The predicted molar refractivity (Wildman–Crippen MR) is 165 cm³/mol. The second kappa shape index (κ2) is 14.1. The Balaban J connectivity index is 1.25. The molecule has 42 heavy (non-hydrogen) atoms. The van der Waals surface area contributed by atoms with Gasteiger partial charge >= 0.3 is 0 Å². The van der Waals surface area contributed by atoms with Crippen molar-refractivity contribution in [3.05, 3.63) is 59.8 Å². The molecule has 1 saturated heterocycles. The van der Waals surface area contributed by atoms with Gasteiger partial charge in [0.2, 0.25) is 11.8 Å². The van der Waals surface area contributed by atoms with E-state index in [9.17, 15) is 9.59 Å². The lowest BCUT2D eigenvalue weighted by Crippen LogP contribution is -2.55. The maximum Gasteiger partial charge on any atom is 0.243 e. The molecule has 2 unspecified atom stereocenters. The van der Waals surface area contributed by atoms with Crippen LogP contribution in [0.4, 0.5) is 0 Å². The SMILES string of the molecule is COc1ccc(CNC(=O)C(NC(=O)CN2CCN(C3CCCCC3)CC2)C(C)c2c[nH]c3ccccc23)cc1OC. The second-order valence-corrected chi connectivity index (χ2v) is 11.6. The number of amides is 2. The first kappa shape index (κ1) is 29.9. The fraction of sp³-hybridized carbons (Fsp3) is 0.515. The molecule has 226 valence electrons. The van der Waals surface area contributed by atoms with Crippen molar-refractivity contribution < 1.29 is 19.1 Å². The van der Waals surface area contributed by atoms with Crippen LogP contribution in [0.25, 0.3) is 10.9 Å². The van der Waals surface area contributed by atoms with Gasteiger partial charge in [-0.25, -0.2) is 0 Å². The molecule has 2 heterocycles. The molecule has 2 fully saturated rings. The lowest BCUT2D eigenvalue weighted by molar-refractivity contribution is -0.130. The average Bonchev–Trinajstić information content (AvgIpc) is 3.47. The van der Waals surface area contributed by atoms with Crippen LogP contribution in [-0.2, 0) is 16.1 Å². The van der Waals surface area contributed by atoms with Crippen LogP contribution in [0.1, 0.15) is 56.1 Å². The highest BCUT2D eigenvalue weighted by atomic mass is 16.5. The number of piperazine rings is 1. The summed E-state index contributed by atoms with van der Waals surface area (Å²) in [6.07, 6.45) is 8.56. The van der Waals surface area contributed by atoms with E-state index in [0.29, 0.717) is 30.6 Å². The number of H-pyrrole nitrogens is 1. The lowest BCUT2D eigenvalue weighted by Gasteiger charge is -2.40. The van der Waals surface area contributed by atoms with Crippen LogP contribution < -0.4 is 20.1 Å². The van der Waals surface area contributed by atoms with E-state index in [4.69, 9.17) is 9.47 Å². The first-order chi connectivity index (χ1) is 20.5. The third-order valence-corrected chi connectivity index (χ3v) is 8.99. The van der Waals surface area contributed by atoms with E-state index in [-0.39, 0.29) is 17.7 Å². The molecule has 3 aromatic rings. The molecule has 5 rings (SSSR count). The highest BCUT2D eigenvalue weighted by Gasteiger charge is 2.31. The Morgan fingerprint density at radius 2 is 1.71 bits per heavy atom. The number of methoxy groups -OCH3 is 2. The lowest BCUT2D eigenvalue weighted by atomic mass is 9.92. The van der Waals surface area contributed by atoms with Gasteiger partial charge in [-0.3, -0.25) is 19.4 Å². The second-order valence-electron chi connectivity index (χ2n) is 11.6. The number of nitrogens with zero attached hydrogens (tertiary/aromatic N) is 2. The molecule has 0 radical (unpaired) electrons. The number of carbonyl (C=O) groups excluding carboxylic acids is 2. The van der Waals surface area contributed by atoms with Crippen molar-refractivity contribution in [2.24, 2.45) is 0 Å². The maximum absolute atomic E-state index is 13.7. The number of ether oxygens (including phenoxy) is 2. The summed E-state index contributed by atoms with van der Waals surface area (Å²) in [5.74, 6) is 0.630. The highest BCUT2D eigenvalue weighted by Crippen LogP contribution is 2.29. The first-order valence-corrected chi connectivity index (χ1v) is 15.3. The number of benzene rings is 2. The molecule has 9 heteroatoms. The van der Waals surface area contributed by atoms with Crippen molar-refractivity contribution in [2.45, 2.75) is 63.6 Å². The summed E-state index contributed by atoms with van der Waals surface area (Å²) in [5, 5.41) is 7.20. The van der Waals surface area contributed by atoms with Crippen molar-refractivity contribution >= 4 is 22.7 Å². The Bertz CT molecular complexity index is 1340. The zero-order valence-electron chi connectivity index (χ0n) is 25.2. The van der Waals surface area contributed by atoms with Gasteiger partial charge < -0.3 is 25.1 Å². The molecule has 9 nitrogen and oxygen atoms in total. The number of aromatic amines is 1. The minimum absolute atomic E-state index is 0.126. The number of para-hydroxylation sites is 1. The number of fused-ring (bicyclic) bond motifs is 1. The average molecular weight is 576 g/mol. The van der Waals surface area contributed by atoms with Crippen molar-refractivity contribution in [3.8, 4) is 11.5 Å². The summed E-state index contributed by atoms with van der Waals surface area (Å²) < 4.78 is 10.8. The van der Waals surface area contributed by atoms with E-state index in [1.807, 2.05) is 55.6 Å². The quantitative estimate of drug-likeness (QED) is 0.319.